The monoisotopic (exact) mass is 794 g/mol. The largest absolute Gasteiger partial charge is 0.472 e. The molecule has 1 aromatic carbocycles. The molecule has 1 N–H and O–H groups in total. The van der Waals surface area contributed by atoms with Crippen LogP contribution in [0.5, 0.6) is 5.75 Å². The minimum atomic E-state index is -2.44. The van der Waals surface area contributed by atoms with Crippen molar-refractivity contribution in [3.05, 3.63) is 42.2 Å². The molecule has 20 nitrogen and oxygen atoms in total. The number of fused-ring (bicyclic) bond motifs is 1. The Balaban J connectivity index is 1.78. The smallest absolute Gasteiger partial charge is 0.338 e. The Kier molecular flexibility index (Phi) is 14.1. The molecule has 56 heavy (non-hydrogen) atoms. The van der Waals surface area contributed by atoms with Crippen molar-refractivity contribution in [2.75, 3.05) is 13.2 Å². The van der Waals surface area contributed by atoms with Crippen LogP contribution in [0, 0.1) is 11.8 Å². The van der Waals surface area contributed by atoms with E-state index in [1.165, 1.54) is 37.3 Å². The van der Waals surface area contributed by atoms with Crippen molar-refractivity contribution in [1.29, 1.82) is 0 Å². The van der Waals surface area contributed by atoms with E-state index in [1.54, 1.807) is 0 Å². The molecule has 0 unspecified atom stereocenters. The minimum Gasteiger partial charge on any atom is -0.472 e. The topological polar surface area (TPSA) is 258 Å². The van der Waals surface area contributed by atoms with Gasteiger partial charge in [0.05, 0.1) is 17.7 Å². The van der Waals surface area contributed by atoms with Gasteiger partial charge < -0.3 is 57.2 Å². The lowest BCUT2D eigenvalue weighted by Crippen LogP contribution is -2.64. The Labute approximate surface area is 319 Å². The molecule has 1 aliphatic carbocycles. The van der Waals surface area contributed by atoms with Crippen LogP contribution < -0.4 is 4.74 Å². The predicted octanol–water partition coefficient (Wildman–Crippen LogP) is 0.579. The fourth-order valence-electron chi connectivity index (χ4n) is 6.61. The van der Waals surface area contributed by atoms with Gasteiger partial charge in [-0.05, 0) is 30.3 Å². The average molecular weight is 795 g/mol. The van der Waals surface area contributed by atoms with Crippen molar-refractivity contribution in [3.63, 3.8) is 0 Å². The first-order valence-corrected chi connectivity index (χ1v) is 17.1. The second kappa shape index (κ2) is 18.4. The van der Waals surface area contributed by atoms with Gasteiger partial charge in [-0.1, -0.05) is 0 Å². The van der Waals surface area contributed by atoms with Crippen LogP contribution in [0.15, 0.2) is 36.6 Å². The van der Waals surface area contributed by atoms with E-state index in [0.717, 1.165) is 47.8 Å². The van der Waals surface area contributed by atoms with Gasteiger partial charge in [0.15, 0.2) is 24.4 Å². The first-order valence-electron chi connectivity index (χ1n) is 17.1. The Bertz CT molecular complexity index is 1700. The lowest BCUT2D eigenvalue weighted by atomic mass is 9.83. The molecule has 1 saturated heterocycles. The van der Waals surface area contributed by atoms with Gasteiger partial charge >= 0.3 is 47.8 Å². The van der Waals surface area contributed by atoms with Crippen molar-refractivity contribution in [3.8, 4) is 5.75 Å². The van der Waals surface area contributed by atoms with E-state index in [0.29, 0.717) is 0 Å². The molecule has 0 bridgehead atoms. The molecule has 2 heterocycles. The fourth-order valence-corrected chi connectivity index (χ4v) is 6.61. The zero-order chi connectivity index (χ0) is 41.5. The normalized spacial score (nSPS) is 30.3. The van der Waals surface area contributed by atoms with Gasteiger partial charge in [0.1, 0.15) is 36.8 Å². The quantitative estimate of drug-likeness (QED) is 0.163. The molecule has 0 amide bonds. The highest BCUT2D eigenvalue weighted by atomic mass is 16.8. The summed E-state index contributed by atoms with van der Waals surface area (Å²) >= 11 is 0. The molecule has 2 fully saturated rings. The molecule has 2 aliphatic heterocycles. The standard InChI is InChI=1S/C36H42O20/c1-16(37)47-14-26-29(50-19(4)40)30(51-20(5)41)31(52-21(6)42)35(54-26)56-34-27-25(12-13-46-34)28(32(53-22(7)43)36(27,45)15-48-17(2)38)55-33(44)23-8-10-24(11-9-23)49-18(3)39/h8-13,25-32,34-35,45H,14-15H2,1-7H3/t25-,26-,27-,28+,29-,30+,31-,32-,34+,35+,36+/m1/s1. The van der Waals surface area contributed by atoms with Crippen molar-refractivity contribution in [2.24, 2.45) is 11.8 Å². The van der Waals surface area contributed by atoms with E-state index in [4.69, 9.17) is 52.1 Å². The summed E-state index contributed by atoms with van der Waals surface area (Å²) in [6, 6.07) is 5.27. The van der Waals surface area contributed by atoms with Gasteiger partial charge in [-0.2, -0.15) is 0 Å². The zero-order valence-corrected chi connectivity index (χ0v) is 31.4. The maximum absolute atomic E-state index is 13.5. The van der Waals surface area contributed by atoms with Gasteiger partial charge in [0.25, 0.3) is 0 Å². The van der Waals surface area contributed by atoms with Crippen LogP contribution in [0.4, 0.5) is 0 Å². The Morgan fingerprint density at radius 3 is 1.77 bits per heavy atom. The van der Waals surface area contributed by atoms with Gasteiger partial charge in [-0.15, -0.1) is 0 Å². The highest BCUT2D eigenvalue weighted by Crippen LogP contribution is 2.50. The van der Waals surface area contributed by atoms with Crippen molar-refractivity contribution >= 4 is 47.8 Å². The Morgan fingerprint density at radius 2 is 1.21 bits per heavy atom. The van der Waals surface area contributed by atoms with E-state index in [2.05, 4.69) is 0 Å². The number of aliphatic hydroxyl groups is 1. The molecule has 4 rings (SSSR count). The second-order valence-electron chi connectivity index (χ2n) is 12.9. The molecule has 20 heteroatoms. The van der Waals surface area contributed by atoms with Gasteiger partial charge in [-0.25, -0.2) is 4.79 Å². The molecular weight excluding hydrogens is 752 g/mol. The summed E-state index contributed by atoms with van der Waals surface area (Å²) in [6.07, 6.45) is -10.6. The molecule has 1 saturated carbocycles. The third kappa shape index (κ3) is 10.6. The summed E-state index contributed by atoms with van der Waals surface area (Å²) in [6.45, 7) is 6.02. The van der Waals surface area contributed by atoms with Crippen LogP contribution in [0.2, 0.25) is 0 Å². The first-order chi connectivity index (χ1) is 26.3. The number of hydrogen-bond donors (Lipinski definition) is 1. The van der Waals surface area contributed by atoms with Crippen LogP contribution in [-0.4, -0.2) is 121 Å². The molecule has 11 atom stereocenters. The van der Waals surface area contributed by atoms with Crippen LogP contribution >= 0.6 is 0 Å². The van der Waals surface area contributed by atoms with Crippen molar-refractivity contribution < 1.29 is 95.6 Å². The highest BCUT2D eigenvalue weighted by molar-refractivity contribution is 5.90. The summed E-state index contributed by atoms with van der Waals surface area (Å²) < 4.78 is 61.1. The van der Waals surface area contributed by atoms with Crippen LogP contribution in [0.1, 0.15) is 58.8 Å². The zero-order valence-electron chi connectivity index (χ0n) is 31.4. The number of carbonyl (C=O) groups is 8. The fraction of sp³-hybridized carbons (Fsp3) is 0.556. The molecule has 1 aromatic rings. The summed E-state index contributed by atoms with van der Waals surface area (Å²) in [5, 5.41) is 12.4. The summed E-state index contributed by atoms with van der Waals surface area (Å²) in [5.74, 6) is -9.25. The SMILES string of the molecule is CC(=O)OC[C@H]1O[C@@H](O[C@@H]2OC=C[C@H]3[C@H](OC(=O)c4ccc(OC(C)=O)cc4)[C@@H](OC(C)=O)[C@](O)(COC(C)=O)[C@@H]23)[C@H](OC(C)=O)[C@@H](OC(C)=O)[C@@H]1OC(C)=O. The van der Waals surface area contributed by atoms with E-state index in [1.807, 2.05) is 0 Å². The highest BCUT2D eigenvalue weighted by Gasteiger charge is 2.68. The Hall–Kier alpha value is -5.60. The van der Waals surface area contributed by atoms with Crippen molar-refractivity contribution in [1.82, 2.24) is 0 Å². The molecular formula is C36H42O20. The van der Waals surface area contributed by atoms with E-state index < -0.39 is 128 Å². The predicted molar refractivity (Wildman–Crippen MR) is 178 cm³/mol. The van der Waals surface area contributed by atoms with Gasteiger partial charge in [0, 0.05) is 54.4 Å². The van der Waals surface area contributed by atoms with Gasteiger partial charge in [0.2, 0.25) is 12.6 Å². The minimum absolute atomic E-state index is 0.0317. The number of ether oxygens (including phenoxy) is 11. The third-order valence-electron chi connectivity index (χ3n) is 8.58. The molecule has 3 aliphatic rings. The molecule has 306 valence electrons. The number of rotatable bonds is 13. The van der Waals surface area contributed by atoms with Crippen LogP contribution in [-0.2, 0) is 80.9 Å². The van der Waals surface area contributed by atoms with Crippen molar-refractivity contribution in [2.45, 2.75) is 103 Å². The lowest BCUT2D eigenvalue weighted by Gasteiger charge is -2.46. The number of hydrogen-bond acceptors (Lipinski definition) is 20. The Morgan fingerprint density at radius 1 is 0.643 bits per heavy atom. The van der Waals surface area contributed by atoms with Gasteiger partial charge in [-0.3, -0.25) is 33.6 Å². The molecule has 0 spiro atoms. The maximum Gasteiger partial charge on any atom is 0.338 e. The van der Waals surface area contributed by atoms with E-state index in [9.17, 15) is 43.5 Å². The molecule has 0 radical (unpaired) electrons. The summed E-state index contributed by atoms with van der Waals surface area (Å²) in [4.78, 5) is 98.2. The number of carbonyl (C=O) groups excluding carboxylic acids is 8. The average Bonchev–Trinajstić information content (AvgIpc) is 3.31. The maximum atomic E-state index is 13.5. The first kappa shape index (κ1) is 43.1. The van der Waals surface area contributed by atoms with E-state index >= 15 is 0 Å². The van der Waals surface area contributed by atoms with Crippen LogP contribution in [0.3, 0.4) is 0 Å². The third-order valence-corrected chi connectivity index (χ3v) is 8.58. The number of benzene rings is 1. The second-order valence-corrected chi connectivity index (χ2v) is 12.9. The van der Waals surface area contributed by atoms with Crippen LogP contribution in [0.25, 0.3) is 0 Å². The van der Waals surface area contributed by atoms with E-state index in [-0.39, 0.29) is 11.3 Å². The number of esters is 8. The lowest BCUT2D eigenvalue weighted by molar-refractivity contribution is -0.350. The molecule has 0 aromatic heterocycles. The summed E-state index contributed by atoms with van der Waals surface area (Å²) in [7, 11) is 0. The summed E-state index contributed by atoms with van der Waals surface area (Å²) in [5.41, 5.74) is -2.48.